The van der Waals surface area contributed by atoms with Crippen LogP contribution in [0.25, 0.3) is 5.70 Å². The Bertz CT molecular complexity index is 727. The molecule has 2 unspecified atom stereocenters. The van der Waals surface area contributed by atoms with E-state index < -0.39 is 0 Å². The van der Waals surface area contributed by atoms with Gasteiger partial charge in [0.1, 0.15) is 0 Å². The van der Waals surface area contributed by atoms with Gasteiger partial charge in [0.2, 0.25) is 0 Å². The smallest absolute Gasteiger partial charge is 0.0522 e. The van der Waals surface area contributed by atoms with E-state index in [1.807, 2.05) is 18.6 Å². The first-order valence-electron chi connectivity index (χ1n) is 7.88. The van der Waals surface area contributed by atoms with E-state index in [0.29, 0.717) is 11.8 Å². The van der Waals surface area contributed by atoms with Gasteiger partial charge in [-0.25, -0.2) is 0 Å². The number of rotatable bonds is 2. The Labute approximate surface area is 130 Å². The van der Waals surface area contributed by atoms with Crippen molar-refractivity contribution >= 4 is 5.70 Å². The van der Waals surface area contributed by atoms with Gasteiger partial charge in [-0.05, 0) is 49.8 Å². The van der Waals surface area contributed by atoms with Crippen LogP contribution in [-0.4, -0.2) is 15.2 Å². The normalized spacial score (nSPS) is 24.0. The standard InChI is InChI=1S/C18H20N4/c1-12-8-15(10-18(21-12)13-4-6-19-7-5-13)14-2-3-17-16(9-14)11-20-22-17/h4-8,10-11,14-15,21H,2-3,9H2,1H3,(H,20,22). The number of dihydropyridines is 1. The van der Waals surface area contributed by atoms with Crippen LogP contribution in [0.4, 0.5) is 0 Å². The molecule has 0 saturated carbocycles. The number of allylic oxidation sites excluding steroid dienone is 3. The number of aromatic nitrogens is 3. The topological polar surface area (TPSA) is 53.6 Å². The molecule has 1 aliphatic heterocycles. The maximum Gasteiger partial charge on any atom is 0.0522 e. The summed E-state index contributed by atoms with van der Waals surface area (Å²) in [6.45, 7) is 2.15. The van der Waals surface area contributed by atoms with Crippen LogP contribution < -0.4 is 5.32 Å². The van der Waals surface area contributed by atoms with Gasteiger partial charge < -0.3 is 5.32 Å². The monoisotopic (exact) mass is 292 g/mol. The molecule has 4 nitrogen and oxygen atoms in total. The fourth-order valence-corrected chi connectivity index (χ4v) is 3.57. The molecule has 112 valence electrons. The molecule has 4 heteroatoms. The summed E-state index contributed by atoms with van der Waals surface area (Å²) in [5.74, 6) is 1.13. The second-order valence-corrected chi connectivity index (χ2v) is 6.24. The van der Waals surface area contributed by atoms with Crippen molar-refractivity contribution in [1.29, 1.82) is 0 Å². The molecule has 2 aromatic heterocycles. The summed E-state index contributed by atoms with van der Waals surface area (Å²) < 4.78 is 0. The number of aryl methyl sites for hydroxylation is 1. The lowest BCUT2D eigenvalue weighted by molar-refractivity contribution is 0.393. The van der Waals surface area contributed by atoms with Crippen LogP contribution in [0.2, 0.25) is 0 Å². The van der Waals surface area contributed by atoms with Crippen LogP contribution in [0.5, 0.6) is 0 Å². The number of nitrogens with zero attached hydrogens (tertiary/aromatic N) is 2. The molecular weight excluding hydrogens is 272 g/mol. The third kappa shape index (κ3) is 2.45. The summed E-state index contributed by atoms with van der Waals surface area (Å²) in [4.78, 5) is 4.11. The van der Waals surface area contributed by atoms with Gasteiger partial charge in [0, 0.05) is 41.0 Å². The molecule has 3 heterocycles. The van der Waals surface area contributed by atoms with Crippen molar-refractivity contribution in [3.05, 3.63) is 65.4 Å². The van der Waals surface area contributed by atoms with Crippen LogP contribution in [0, 0.1) is 11.8 Å². The fraction of sp³-hybridized carbons (Fsp3) is 0.333. The number of aromatic amines is 1. The van der Waals surface area contributed by atoms with Crippen molar-refractivity contribution in [3.8, 4) is 0 Å². The zero-order valence-corrected chi connectivity index (χ0v) is 12.7. The average molecular weight is 292 g/mol. The minimum Gasteiger partial charge on any atom is -0.359 e. The SMILES string of the molecule is CC1=CC(C2CCc3[nH]ncc3C2)C=C(c2ccncc2)N1. The van der Waals surface area contributed by atoms with Gasteiger partial charge in [0.15, 0.2) is 0 Å². The average Bonchev–Trinajstić information content (AvgIpc) is 3.02. The maximum absolute atomic E-state index is 4.19. The largest absolute Gasteiger partial charge is 0.359 e. The van der Waals surface area contributed by atoms with Crippen LogP contribution in [0.1, 0.15) is 30.2 Å². The van der Waals surface area contributed by atoms with Gasteiger partial charge >= 0.3 is 0 Å². The minimum atomic E-state index is 0.479. The Morgan fingerprint density at radius 3 is 2.91 bits per heavy atom. The van der Waals surface area contributed by atoms with E-state index in [9.17, 15) is 0 Å². The van der Waals surface area contributed by atoms with E-state index in [1.54, 1.807) is 0 Å². The quantitative estimate of drug-likeness (QED) is 0.894. The second kappa shape index (κ2) is 5.44. The zero-order valence-electron chi connectivity index (χ0n) is 12.7. The molecule has 2 aliphatic rings. The summed E-state index contributed by atoms with van der Waals surface area (Å²) in [7, 11) is 0. The highest BCUT2D eigenvalue weighted by Crippen LogP contribution is 2.34. The van der Waals surface area contributed by atoms with Crippen LogP contribution in [0.15, 0.2) is 48.6 Å². The Balaban J connectivity index is 1.61. The van der Waals surface area contributed by atoms with E-state index in [0.717, 1.165) is 12.8 Å². The number of pyridine rings is 1. The maximum atomic E-state index is 4.19. The molecule has 0 amide bonds. The number of nitrogens with one attached hydrogen (secondary N) is 2. The molecule has 0 radical (unpaired) electrons. The van der Waals surface area contributed by atoms with E-state index in [1.165, 1.54) is 34.6 Å². The molecule has 0 saturated heterocycles. The minimum absolute atomic E-state index is 0.479. The van der Waals surface area contributed by atoms with Crippen molar-refractivity contribution < 1.29 is 0 Å². The molecule has 0 spiro atoms. The molecule has 22 heavy (non-hydrogen) atoms. The Morgan fingerprint density at radius 1 is 1.18 bits per heavy atom. The second-order valence-electron chi connectivity index (χ2n) is 6.24. The van der Waals surface area contributed by atoms with Crippen molar-refractivity contribution in [2.24, 2.45) is 11.8 Å². The number of H-pyrrole nitrogens is 1. The molecule has 0 fully saturated rings. The van der Waals surface area contributed by atoms with Crippen LogP contribution in [-0.2, 0) is 12.8 Å². The summed E-state index contributed by atoms with van der Waals surface area (Å²) >= 11 is 0. The molecular formula is C18H20N4. The zero-order chi connectivity index (χ0) is 14.9. The molecule has 2 atom stereocenters. The molecule has 0 aromatic carbocycles. The molecule has 0 bridgehead atoms. The summed E-state index contributed by atoms with van der Waals surface area (Å²) in [6.07, 6.45) is 13.8. The molecule has 2 aromatic rings. The van der Waals surface area contributed by atoms with Gasteiger partial charge in [-0.2, -0.15) is 5.10 Å². The lowest BCUT2D eigenvalue weighted by Gasteiger charge is -2.30. The van der Waals surface area contributed by atoms with E-state index in [4.69, 9.17) is 0 Å². The predicted molar refractivity (Wildman–Crippen MR) is 86.7 cm³/mol. The Morgan fingerprint density at radius 2 is 2.05 bits per heavy atom. The Hall–Kier alpha value is -2.36. The third-order valence-corrected chi connectivity index (χ3v) is 4.72. The third-order valence-electron chi connectivity index (χ3n) is 4.72. The highest BCUT2D eigenvalue weighted by Gasteiger charge is 2.27. The first-order chi connectivity index (χ1) is 10.8. The van der Waals surface area contributed by atoms with E-state index >= 15 is 0 Å². The predicted octanol–water partition coefficient (Wildman–Crippen LogP) is 3.07. The van der Waals surface area contributed by atoms with Crippen LogP contribution in [0.3, 0.4) is 0 Å². The highest BCUT2D eigenvalue weighted by molar-refractivity contribution is 5.66. The van der Waals surface area contributed by atoms with Crippen molar-refractivity contribution in [2.45, 2.75) is 26.2 Å². The van der Waals surface area contributed by atoms with Crippen molar-refractivity contribution in [3.63, 3.8) is 0 Å². The summed E-state index contributed by atoms with van der Waals surface area (Å²) in [5, 5.41) is 10.8. The van der Waals surface area contributed by atoms with Gasteiger partial charge in [-0.1, -0.05) is 12.2 Å². The first-order valence-corrected chi connectivity index (χ1v) is 7.88. The van der Waals surface area contributed by atoms with Gasteiger partial charge in [0.25, 0.3) is 0 Å². The molecule has 4 rings (SSSR count). The summed E-state index contributed by atoms with van der Waals surface area (Å²) in [5.41, 5.74) is 6.35. The van der Waals surface area contributed by atoms with Gasteiger partial charge in [-0.3, -0.25) is 10.1 Å². The number of fused-ring (bicyclic) bond motifs is 1. The van der Waals surface area contributed by atoms with Crippen LogP contribution >= 0.6 is 0 Å². The molecule has 2 N–H and O–H groups in total. The lowest BCUT2D eigenvalue weighted by Crippen LogP contribution is -2.25. The van der Waals surface area contributed by atoms with Gasteiger partial charge in [-0.15, -0.1) is 0 Å². The van der Waals surface area contributed by atoms with E-state index in [2.05, 4.69) is 51.7 Å². The lowest BCUT2D eigenvalue weighted by atomic mass is 9.77. The highest BCUT2D eigenvalue weighted by atomic mass is 15.1. The fourth-order valence-electron chi connectivity index (χ4n) is 3.57. The Kier molecular flexibility index (Phi) is 3.29. The van der Waals surface area contributed by atoms with Gasteiger partial charge in [0.05, 0.1) is 6.20 Å². The summed E-state index contributed by atoms with van der Waals surface area (Å²) in [6, 6.07) is 4.12. The molecule has 1 aliphatic carbocycles. The number of hydrogen-bond donors (Lipinski definition) is 2. The number of hydrogen-bond acceptors (Lipinski definition) is 3. The van der Waals surface area contributed by atoms with Crippen molar-refractivity contribution in [2.75, 3.05) is 0 Å². The van der Waals surface area contributed by atoms with E-state index in [-0.39, 0.29) is 0 Å². The first kappa shape index (κ1) is 13.3. The van der Waals surface area contributed by atoms with Crippen molar-refractivity contribution in [1.82, 2.24) is 20.5 Å².